The minimum absolute atomic E-state index is 0.0944. The lowest BCUT2D eigenvalue weighted by Crippen LogP contribution is -2.42. The van der Waals surface area contributed by atoms with Crippen molar-refractivity contribution in [2.75, 3.05) is 39.8 Å². The molecule has 1 atom stereocenters. The molecule has 0 fully saturated rings. The highest BCUT2D eigenvalue weighted by Gasteiger charge is 2.06. The third-order valence-electron chi connectivity index (χ3n) is 4.00. The molecule has 0 bridgehead atoms. The van der Waals surface area contributed by atoms with E-state index in [-0.39, 0.29) is 11.9 Å². The van der Waals surface area contributed by atoms with Gasteiger partial charge in [-0.05, 0) is 51.5 Å². The minimum Gasteiger partial charge on any atom is -0.489 e. The molecule has 0 aliphatic carbocycles. The van der Waals surface area contributed by atoms with Gasteiger partial charge in [0.2, 0.25) is 0 Å². The molecule has 0 radical (unpaired) electrons. The van der Waals surface area contributed by atoms with E-state index in [1.54, 1.807) is 19.2 Å². The highest BCUT2D eigenvalue weighted by atomic mass is 19.1. The maximum absolute atomic E-state index is 13.2. The number of unbranched alkanes of at least 4 members (excludes halogenated alkanes) is 1. The van der Waals surface area contributed by atoms with E-state index in [9.17, 15) is 4.39 Å². The van der Waals surface area contributed by atoms with Gasteiger partial charge in [-0.2, -0.15) is 0 Å². The molecule has 1 aromatic carbocycles. The number of guanidine groups is 1. The molecule has 0 amide bonds. The number of ether oxygens (including phenoxy) is 1. The van der Waals surface area contributed by atoms with Crippen molar-refractivity contribution in [3.8, 4) is 5.75 Å². The van der Waals surface area contributed by atoms with Crippen LogP contribution in [0.4, 0.5) is 4.39 Å². The van der Waals surface area contributed by atoms with E-state index in [1.165, 1.54) is 18.6 Å². The molecule has 2 N–H and O–H groups in total. The normalized spacial score (nSPS) is 13.0. The SMILES string of the molecule is CCN(CC)CCCCNC(=NC)NCC(C)Oc1cccc(F)c1. The second-order valence-electron chi connectivity index (χ2n) is 6.00. The first-order chi connectivity index (χ1) is 12.1. The number of aliphatic imine (C=N–C) groups is 1. The molecule has 1 unspecified atom stereocenters. The molecule has 142 valence electrons. The molecular formula is C19H33FN4O. The molecule has 0 spiro atoms. The van der Waals surface area contributed by atoms with Crippen molar-refractivity contribution in [1.29, 1.82) is 0 Å². The van der Waals surface area contributed by atoms with Gasteiger partial charge in [0.1, 0.15) is 17.7 Å². The summed E-state index contributed by atoms with van der Waals surface area (Å²) in [5, 5.41) is 6.55. The Hall–Kier alpha value is -1.82. The smallest absolute Gasteiger partial charge is 0.191 e. The fourth-order valence-corrected chi connectivity index (χ4v) is 2.48. The second kappa shape index (κ2) is 12.5. The number of halogens is 1. The van der Waals surface area contributed by atoms with E-state index in [2.05, 4.69) is 34.4 Å². The molecule has 5 nitrogen and oxygen atoms in total. The third kappa shape index (κ3) is 9.29. The van der Waals surface area contributed by atoms with Gasteiger partial charge in [-0.15, -0.1) is 0 Å². The number of hydrogen-bond donors (Lipinski definition) is 2. The van der Waals surface area contributed by atoms with Gasteiger partial charge in [-0.25, -0.2) is 4.39 Å². The molecule has 1 rings (SSSR count). The Bertz CT molecular complexity index is 506. The van der Waals surface area contributed by atoms with Crippen molar-refractivity contribution in [3.05, 3.63) is 30.1 Å². The van der Waals surface area contributed by atoms with Crippen LogP contribution in [0.3, 0.4) is 0 Å². The topological polar surface area (TPSA) is 48.9 Å². The van der Waals surface area contributed by atoms with Gasteiger partial charge < -0.3 is 20.3 Å². The quantitative estimate of drug-likeness (QED) is 0.365. The molecule has 25 heavy (non-hydrogen) atoms. The van der Waals surface area contributed by atoms with Crippen LogP contribution in [-0.4, -0.2) is 56.7 Å². The Morgan fingerprint density at radius 1 is 1.24 bits per heavy atom. The van der Waals surface area contributed by atoms with Crippen LogP contribution < -0.4 is 15.4 Å². The average molecular weight is 352 g/mol. The van der Waals surface area contributed by atoms with Gasteiger partial charge in [-0.3, -0.25) is 4.99 Å². The van der Waals surface area contributed by atoms with Gasteiger partial charge in [-0.1, -0.05) is 19.9 Å². The summed E-state index contributed by atoms with van der Waals surface area (Å²) in [6.07, 6.45) is 2.18. The summed E-state index contributed by atoms with van der Waals surface area (Å²) in [4.78, 5) is 6.64. The fraction of sp³-hybridized carbons (Fsp3) is 0.632. The summed E-state index contributed by atoms with van der Waals surface area (Å²) in [5.74, 6) is 1.01. The van der Waals surface area contributed by atoms with Gasteiger partial charge in [0, 0.05) is 19.7 Å². The Labute approximate surface area is 151 Å². The summed E-state index contributed by atoms with van der Waals surface area (Å²) in [6.45, 7) is 11.2. The van der Waals surface area contributed by atoms with Crippen molar-refractivity contribution in [2.45, 2.75) is 39.7 Å². The molecular weight excluding hydrogens is 319 g/mol. The van der Waals surface area contributed by atoms with Crippen molar-refractivity contribution in [1.82, 2.24) is 15.5 Å². The van der Waals surface area contributed by atoms with Crippen molar-refractivity contribution < 1.29 is 9.13 Å². The Morgan fingerprint density at radius 3 is 2.64 bits per heavy atom. The predicted molar refractivity (Wildman–Crippen MR) is 103 cm³/mol. The zero-order chi connectivity index (χ0) is 18.5. The molecule has 1 aromatic rings. The minimum atomic E-state index is -0.292. The standard InChI is InChI=1S/C19H33FN4O/c1-5-24(6-2)13-8-7-12-22-19(21-4)23-15-16(3)25-18-11-9-10-17(20)14-18/h9-11,14,16H,5-8,12-13,15H2,1-4H3,(H2,21,22,23). The highest BCUT2D eigenvalue weighted by molar-refractivity contribution is 5.79. The molecule has 0 saturated carbocycles. The largest absolute Gasteiger partial charge is 0.489 e. The second-order valence-corrected chi connectivity index (χ2v) is 6.00. The average Bonchev–Trinajstić information content (AvgIpc) is 2.60. The van der Waals surface area contributed by atoms with Crippen LogP contribution in [0.15, 0.2) is 29.3 Å². The van der Waals surface area contributed by atoms with Gasteiger partial charge in [0.05, 0.1) is 6.54 Å². The van der Waals surface area contributed by atoms with E-state index in [1.807, 2.05) is 6.92 Å². The highest BCUT2D eigenvalue weighted by Crippen LogP contribution is 2.13. The summed E-state index contributed by atoms with van der Waals surface area (Å²) in [6, 6.07) is 6.19. The molecule has 6 heteroatoms. The summed E-state index contributed by atoms with van der Waals surface area (Å²) >= 11 is 0. The molecule has 0 heterocycles. The van der Waals surface area contributed by atoms with E-state index < -0.39 is 0 Å². The van der Waals surface area contributed by atoms with Crippen LogP contribution in [-0.2, 0) is 0 Å². The zero-order valence-electron chi connectivity index (χ0n) is 16.0. The van der Waals surface area contributed by atoms with E-state index in [0.29, 0.717) is 12.3 Å². The lowest BCUT2D eigenvalue weighted by molar-refractivity contribution is 0.223. The van der Waals surface area contributed by atoms with Crippen LogP contribution in [0.5, 0.6) is 5.75 Å². The monoisotopic (exact) mass is 352 g/mol. The Morgan fingerprint density at radius 2 is 2.00 bits per heavy atom. The van der Waals surface area contributed by atoms with Crippen LogP contribution in [0.25, 0.3) is 0 Å². The Balaban J connectivity index is 2.21. The summed E-state index contributed by atoms with van der Waals surface area (Å²) in [5.41, 5.74) is 0. The molecule has 0 saturated heterocycles. The molecule has 0 aliphatic heterocycles. The first-order valence-electron chi connectivity index (χ1n) is 9.18. The first kappa shape index (κ1) is 21.2. The van der Waals surface area contributed by atoms with E-state index in [0.717, 1.165) is 38.6 Å². The number of nitrogens with one attached hydrogen (secondary N) is 2. The number of hydrogen-bond acceptors (Lipinski definition) is 3. The lowest BCUT2D eigenvalue weighted by atomic mass is 10.3. The van der Waals surface area contributed by atoms with Gasteiger partial charge in [0.15, 0.2) is 5.96 Å². The summed E-state index contributed by atoms with van der Waals surface area (Å²) < 4.78 is 18.8. The maximum atomic E-state index is 13.2. The third-order valence-corrected chi connectivity index (χ3v) is 4.00. The summed E-state index contributed by atoms with van der Waals surface area (Å²) in [7, 11) is 1.75. The van der Waals surface area contributed by atoms with Gasteiger partial charge in [0.25, 0.3) is 0 Å². The van der Waals surface area contributed by atoms with E-state index >= 15 is 0 Å². The number of rotatable bonds is 11. The molecule has 0 aromatic heterocycles. The fourth-order valence-electron chi connectivity index (χ4n) is 2.48. The van der Waals surface area contributed by atoms with Crippen molar-refractivity contribution in [2.24, 2.45) is 4.99 Å². The predicted octanol–water partition coefficient (Wildman–Crippen LogP) is 2.88. The number of nitrogens with zero attached hydrogens (tertiary/aromatic N) is 2. The van der Waals surface area contributed by atoms with Crippen LogP contribution >= 0.6 is 0 Å². The zero-order valence-corrected chi connectivity index (χ0v) is 16.0. The lowest BCUT2D eigenvalue weighted by Gasteiger charge is -2.19. The number of benzene rings is 1. The van der Waals surface area contributed by atoms with Crippen LogP contribution in [0.2, 0.25) is 0 Å². The van der Waals surface area contributed by atoms with Crippen LogP contribution in [0, 0.1) is 5.82 Å². The van der Waals surface area contributed by atoms with Crippen molar-refractivity contribution >= 4 is 5.96 Å². The van der Waals surface area contributed by atoms with Crippen LogP contribution in [0.1, 0.15) is 33.6 Å². The first-order valence-corrected chi connectivity index (χ1v) is 9.18. The maximum Gasteiger partial charge on any atom is 0.191 e. The van der Waals surface area contributed by atoms with E-state index in [4.69, 9.17) is 4.74 Å². The van der Waals surface area contributed by atoms with Crippen molar-refractivity contribution in [3.63, 3.8) is 0 Å². The Kier molecular flexibility index (Phi) is 10.6. The molecule has 0 aliphatic rings. The van der Waals surface area contributed by atoms with Gasteiger partial charge >= 0.3 is 0 Å².